The number of aliphatic hydroxyl groups is 2. The second-order valence-electron chi connectivity index (χ2n) is 18.6. The van der Waals surface area contributed by atoms with Crippen molar-refractivity contribution in [3.63, 3.8) is 0 Å². The van der Waals surface area contributed by atoms with Crippen LogP contribution in [0.3, 0.4) is 0 Å². The van der Waals surface area contributed by atoms with Crippen molar-refractivity contribution in [1.82, 2.24) is 5.32 Å². The zero-order valence-corrected chi connectivity index (χ0v) is 40.9. The smallest absolute Gasteiger partial charge is 0.305 e. The molecule has 61 heavy (non-hydrogen) atoms. The van der Waals surface area contributed by atoms with Gasteiger partial charge in [-0.3, -0.25) is 9.59 Å². The van der Waals surface area contributed by atoms with Gasteiger partial charge in [-0.05, 0) is 57.8 Å². The molecule has 0 aliphatic rings. The Morgan fingerprint density at radius 2 is 0.770 bits per heavy atom. The fourth-order valence-corrected chi connectivity index (χ4v) is 8.27. The molecule has 0 aromatic rings. The molecule has 2 unspecified atom stereocenters. The van der Waals surface area contributed by atoms with Gasteiger partial charge in [0.1, 0.15) is 0 Å². The highest BCUT2D eigenvalue weighted by Crippen LogP contribution is 2.16. The highest BCUT2D eigenvalue weighted by atomic mass is 16.5. The van der Waals surface area contributed by atoms with Crippen LogP contribution >= 0.6 is 0 Å². The van der Waals surface area contributed by atoms with E-state index in [2.05, 4.69) is 31.3 Å². The van der Waals surface area contributed by atoms with Gasteiger partial charge < -0.3 is 20.3 Å². The summed E-state index contributed by atoms with van der Waals surface area (Å²) in [4.78, 5) is 24.5. The fraction of sp³-hybridized carbons (Fsp3) is 0.891. The van der Waals surface area contributed by atoms with Crippen molar-refractivity contribution in [1.29, 1.82) is 0 Å². The summed E-state index contributed by atoms with van der Waals surface area (Å²) in [6, 6.07) is -0.633. The molecule has 0 aliphatic heterocycles. The molecule has 0 heterocycles. The molecule has 0 aromatic heterocycles. The number of allylic oxidation sites excluding steroid dienone is 3. The summed E-state index contributed by atoms with van der Waals surface area (Å²) >= 11 is 0. The second kappa shape index (κ2) is 51.0. The average molecular weight is 860 g/mol. The first kappa shape index (κ1) is 59.3. The Hall–Kier alpha value is -1.66. The highest BCUT2D eigenvalue weighted by molar-refractivity contribution is 5.76. The normalized spacial score (nSPS) is 12.8. The zero-order valence-electron chi connectivity index (χ0n) is 40.9. The fourth-order valence-electron chi connectivity index (χ4n) is 8.27. The van der Waals surface area contributed by atoms with Gasteiger partial charge in [0.25, 0.3) is 0 Å². The number of carbonyl (C=O) groups excluding carboxylic acids is 2. The number of hydrogen-bond donors (Lipinski definition) is 3. The molecule has 0 rings (SSSR count). The summed E-state index contributed by atoms with van der Waals surface area (Å²) < 4.78 is 5.47. The Bertz CT molecular complexity index is 951. The summed E-state index contributed by atoms with van der Waals surface area (Å²) in [6.45, 7) is 4.88. The predicted octanol–water partition coefficient (Wildman–Crippen LogP) is 16.3. The maximum atomic E-state index is 12.4. The monoisotopic (exact) mass is 860 g/mol. The van der Waals surface area contributed by atoms with Crippen LogP contribution < -0.4 is 5.32 Å². The molecule has 0 bridgehead atoms. The average Bonchev–Trinajstić information content (AvgIpc) is 3.26. The molecule has 0 fully saturated rings. The van der Waals surface area contributed by atoms with Crippen molar-refractivity contribution < 1.29 is 24.5 Å². The molecular weight excluding hydrogens is 755 g/mol. The maximum absolute atomic E-state index is 12.4. The van der Waals surface area contributed by atoms with Crippen molar-refractivity contribution in [3.05, 3.63) is 24.3 Å². The molecule has 3 N–H and O–H groups in total. The third-order valence-corrected chi connectivity index (χ3v) is 12.5. The number of carbonyl (C=O) groups is 2. The van der Waals surface area contributed by atoms with Crippen LogP contribution in [0.15, 0.2) is 24.3 Å². The van der Waals surface area contributed by atoms with Gasteiger partial charge in [-0.2, -0.15) is 0 Å². The SMILES string of the molecule is CCCCCCCCC/C=C\CCCCCCCC(=O)OCCCCCCCCCCCCCCCCCC(=O)NC(CO)C(O)/C=C/CCCCCCCCCCCCC. The van der Waals surface area contributed by atoms with Crippen LogP contribution in [0.5, 0.6) is 0 Å². The Kier molecular flexibility index (Phi) is 49.6. The summed E-state index contributed by atoms with van der Waals surface area (Å²) in [5.41, 5.74) is 0. The summed E-state index contributed by atoms with van der Waals surface area (Å²) in [5.74, 6) is -0.0848. The van der Waals surface area contributed by atoms with Crippen molar-refractivity contribution in [2.45, 2.75) is 302 Å². The number of hydrogen-bond acceptors (Lipinski definition) is 5. The minimum absolute atomic E-state index is 0.00798. The van der Waals surface area contributed by atoms with Crippen LogP contribution in [-0.2, 0) is 14.3 Å². The topological polar surface area (TPSA) is 95.9 Å². The van der Waals surface area contributed by atoms with Gasteiger partial charge in [0.05, 0.1) is 25.4 Å². The Morgan fingerprint density at radius 3 is 1.16 bits per heavy atom. The second-order valence-corrected chi connectivity index (χ2v) is 18.6. The van der Waals surface area contributed by atoms with E-state index in [1.165, 1.54) is 205 Å². The van der Waals surface area contributed by atoms with E-state index in [-0.39, 0.29) is 18.5 Å². The Labute approximate surface area is 380 Å². The number of rotatable bonds is 50. The summed E-state index contributed by atoms with van der Waals surface area (Å²) in [6.07, 6.45) is 60.4. The first-order valence-corrected chi connectivity index (χ1v) is 27.1. The molecule has 0 saturated carbocycles. The lowest BCUT2D eigenvalue weighted by Crippen LogP contribution is -2.45. The molecule has 0 radical (unpaired) electrons. The molecule has 360 valence electrons. The van der Waals surface area contributed by atoms with E-state index in [0.717, 1.165) is 57.8 Å². The minimum atomic E-state index is -0.849. The molecular formula is C55H105NO5. The lowest BCUT2D eigenvalue weighted by Gasteiger charge is -2.20. The molecule has 2 atom stereocenters. The van der Waals surface area contributed by atoms with Crippen LogP contribution in [0.4, 0.5) is 0 Å². The molecule has 0 aliphatic carbocycles. The number of unbranched alkanes of at least 4 members (excludes halogenated alkanes) is 37. The predicted molar refractivity (Wildman–Crippen MR) is 264 cm³/mol. The van der Waals surface area contributed by atoms with Gasteiger partial charge in [0.2, 0.25) is 5.91 Å². The van der Waals surface area contributed by atoms with E-state index in [0.29, 0.717) is 19.4 Å². The molecule has 1 amide bonds. The lowest BCUT2D eigenvalue weighted by atomic mass is 10.0. The highest BCUT2D eigenvalue weighted by Gasteiger charge is 2.18. The van der Waals surface area contributed by atoms with Gasteiger partial charge in [-0.25, -0.2) is 0 Å². The van der Waals surface area contributed by atoms with E-state index >= 15 is 0 Å². The Balaban J connectivity index is 3.45. The molecule has 0 saturated heterocycles. The van der Waals surface area contributed by atoms with Gasteiger partial charge in [0.15, 0.2) is 0 Å². The van der Waals surface area contributed by atoms with Crippen molar-refractivity contribution in [3.8, 4) is 0 Å². The maximum Gasteiger partial charge on any atom is 0.305 e. The standard InChI is InChI=1S/C55H105NO5/c1-3-5-7-9-11-13-15-17-18-21-25-29-33-37-41-45-49-55(60)61-50-46-42-38-34-30-26-22-19-20-24-28-32-36-40-44-48-54(59)56-52(51-57)53(58)47-43-39-35-31-27-23-16-14-12-10-8-6-4-2/h18,21,43,47,52-53,57-58H,3-17,19-20,22-42,44-46,48-51H2,1-2H3,(H,56,59)/b21-18-,47-43+. The van der Waals surface area contributed by atoms with Gasteiger partial charge >= 0.3 is 5.97 Å². The molecule has 0 aromatic carbocycles. The van der Waals surface area contributed by atoms with Crippen LogP contribution in [-0.4, -0.2) is 47.4 Å². The van der Waals surface area contributed by atoms with E-state index in [9.17, 15) is 19.8 Å². The van der Waals surface area contributed by atoms with Crippen LogP contribution in [0.1, 0.15) is 290 Å². The van der Waals surface area contributed by atoms with Crippen LogP contribution in [0.2, 0.25) is 0 Å². The number of nitrogens with one attached hydrogen (secondary N) is 1. The van der Waals surface area contributed by atoms with E-state index < -0.39 is 12.1 Å². The summed E-state index contributed by atoms with van der Waals surface area (Å²) in [5, 5.41) is 23.0. The molecule has 0 spiro atoms. The quantitative estimate of drug-likeness (QED) is 0.0322. The Morgan fingerprint density at radius 1 is 0.443 bits per heavy atom. The van der Waals surface area contributed by atoms with Gasteiger partial charge in [-0.1, -0.05) is 244 Å². The van der Waals surface area contributed by atoms with Crippen molar-refractivity contribution in [2.24, 2.45) is 0 Å². The third-order valence-electron chi connectivity index (χ3n) is 12.5. The number of ether oxygens (including phenoxy) is 1. The molecule has 6 nitrogen and oxygen atoms in total. The third kappa shape index (κ3) is 47.7. The van der Waals surface area contributed by atoms with E-state index in [1.54, 1.807) is 6.08 Å². The van der Waals surface area contributed by atoms with E-state index in [4.69, 9.17) is 4.74 Å². The van der Waals surface area contributed by atoms with Gasteiger partial charge in [-0.15, -0.1) is 0 Å². The largest absolute Gasteiger partial charge is 0.466 e. The van der Waals surface area contributed by atoms with E-state index in [1.807, 2.05) is 6.08 Å². The van der Waals surface area contributed by atoms with Crippen LogP contribution in [0.25, 0.3) is 0 Å². The number of esters is 1. The van der Waals surface area contributed by atoms with Crippen LogP contribution in [0, 0.1) is 0 Å². The van der Waals surface area contributed by atoms with Crippen molar-refractivity contribution in [2.75, 3.05) is 13.2 Å². The van der Waals surface area contributed by atoms with Gasteiger partial charge in [0, 0.05) is 12.8 Å². The zero-order chi connectivity index (χ0) is 44.4. The summed E-state index contributed by atoms with van der Waals surface area (Å²) in [7, 11) is 0. The minimum Gasteiger partial charge on any atom is -0.466 e. The molecule has 6 heteroatoms. The first-order valence-electron chi connectivity index (χ1n) is 27.1. The number of amides is 1. The number of aliphatic hydroxyl groups excluding tert-OH is 2. The lowest BCUT2D eigenvalue weighted by molar-refractivity contribution is -0.143. The first-order chi connectivity index (χ1) is 30.0. The van der Waals surface area contributed by atoms with Crippen molar-refractivity contribution >= 4 is 11.9 Å².